The molecule has 3 aromatic rings. The van der Waals surface area contributed by atoms with Gasteiger partial charge in [0.25, 0.3) is 5.91 Å². The molecule has 0 aliphatic heterocycles. The number of urea groups is 1. The number of rotatable bonds is 6. The van der Waals surface area contributed by atoms with E-state index in [0.29, 0.717) is 24.1 Å². The second kappa shape index (κ2) is 9.32. The third kappa shape index (κ3) is 5.52. The largest absolute Gasteiger partial charge is 0.508 e. The lowest BCUT2D eigenvalue weighted by atomic mass is 10.0. The molecule has 3 rings (SSSR count). The van der Waals surface area contributed by atoms with Crippen molar-refractivity contribution in [1.29, 1.82) is 0 Å². The first-order valence-corrected chi connectivity index (χ1v) is 9.10. The fourth-order valence-corrected chi connectivity index (χ4v) is 2.73. The predicted molar refractivity (Wildman–Crippen MR) is 109 cm³/mol. The van der Waals surface area contributed by atoms with Crippen molar-refractivity contribution >= 4 is 17.7 Å². The number of ketones is 1. The number of phenols is 1. The van der Waals surface area contributed by atoms with Crippen molar-refractivity contribution < 1.29 is 19.5 Å². The van der Waals surface area contributed by atoms with E-state index in [2.05, 4.69) is 10.6 Å². The van der Waals surface area contributed by atoms with Crippen molar-refractivity contribution in [2.45, 2.75) is 6.42 Å². The Bertz CT molecular complexity index is 997. The van der Waals surface area contributed by atoms with Crippen molar-refractivity contribution in [3.63, 3.8) is 0 Å². The number of imide groups is 1. The SMILES string of the molecule is O=C(NCCc1ccc(O)cc1)NC(=O)c1ccc(C(=O)c2ccccc2)cc1. The number of aromatic hydroxyl groups is 1. The molecule has 29 heavy (non-hydrogen) atoms. The quantitative estimate of drug-likeness (QED) is 0.565. The summed E-state index contributed by atoms with van der Waals surface area (Å²) in [6.07, 6.45) is 0.568. The molecular formula is C23H20N2O4. The van der Waals surface area contributed by atoms with Gasteiger partial charge in [0.2, 0.25) is 0 Å². The second-order valence-corrected chi connectivity index (χ2v) is 6.40. The van der Waals surface area contributed by atoms with E-state index in [9.17, 15) is 19.5 Å². The standard InChI is InChI=1S/C23H20N2O4/c26-20-12-6-16(7-13-20)14-15-24-23(29)25-22(28)19-10-8-18(9-11-19)21(27)17-4-2-1-3-5-17/h1-13,26H,14-15H2,(H2,24,25,28,29). The first-order valence-electron chi connectivity index (χ1n) is 9.10. The van der Waals surface area contributed by atoms with Crippen LogP contribution in [0.2, 0.25) is 0 Å². The molecule has 0 bridgehead atoms. The van der Waals surface area contributed by atoms with Gasteiger partial charge in [-0.3, -0.25) is 14.9 Å². The molecule has 0 aliphatic carbocycles. The molecule has 146 valence electrons. The molecule has 0 unspecified atom stereocenters. The molecule has 6 heteroatoms. The van der Waals surface area contributed by atoms with E-state index in [1.54, 1.807) is 60.7 Å². The molecule has 0 saturated carbocycles. The molecule has 3 aromatic carbocycles. The molecule has 0 spiro atoms. The van der Waals surface area contributed by atoms with Crippen LogP contribution >= 0.6 is 0 Å². The zero-order valence-electron chi connectivity index (χ0n) is 15.6. The zero-order valence-corrected chi connectivity index (χ0v) is 15.6. The van der Waals surface area contributed by atoms with Gasteiger partial charge in [0, 0.05) is 23.2 Å². The Morgan fingerprint density at radius 1 is 0.724 bits per heavy atom. The first kappa shape index (κ1) is 19.8. The molecular weight excluding hydrogens is 368 g/mol. The summed E-state index contributed by atoms with van der Waals surface area (Å²) >= 11 is 0. The van der Waals surface area contributed by atoms with Gasteiger partial charge in [-0.05, 0) is 36.2 Å². The summed E-state index contributed by atoms with van der Waals surface area (Å²) in [5.41, 5.74) is 2.26. The van der Waals surface area contributed by atoms with Crippen LogP contribution in [0, 0.1) is 0 Å². The predicted octanol–water partition coefficient (Wildman–Crippen LogP) is 3.31. The Hall–Kier alpha value is -3.93. The van der Waals surface area contributed by atoms with Gasteiger partial charge in [-0.2, -0.15) is 0 Å². The fraction of sp³-hybridized carbons (Fsp3) is 0.0870. The van der Waals surface area contributed by atoms with Gasteiger partial charge in [0.05, 0.1) is 0 Å². The molecule has 0 saturated heterocycles. The highest BCUT2D eigenvalue weighted by molar-refractivity contribution is 6.10. The smallest absolute Gasteiger partial charge is 0.321 e. The van der Waals surface area contributed by atoms with Crippen LogP contribution in [-0.2, 0) is 6.42 Å². The number of carbonyl (C=O) groups is 3. The lowest BCUT2D eigenvalue weighted by molar-refractivity contribution is 0.0962. The molecule has 6 nitrogen and oxygen atoms in total. The Labute approximate surface area is 168 Å². The van der Waals surface area contributed by atoms with Crippen LogP contribution in [0.5, 0.6) is 5.75 Å². The average molecular weight is 388 g/mol. The summed E-state index contributed by atoms with van der Waals surface area (Å²) in [6, 6.07) is 21.1. The maximum Gasteiger partial charge on any atom is 0.321 e. The van der Waals surface area contributed by atoms with E-state index in [-0.39, 0.29) is 17.1 Å². The third-order valence-corrected chi connectivity index (χ3v) is 4.31. The van der Waals surface area contributed by atoms with Crippen LogP contribution < -0.4 is 10.6 Å². The highest BCUT2D eigenvalue weighted by atomic mass is 16.3. The summed E-state index contributed by atoms with van der Waals surface area (Å²) in [4.78, 5) is 36.5. The molecule has 3 N–H and O–H groups in total. The van der Waals surface area contributed by atoms with Gasteiger partial charge in [-0.25, -0.2) is 4.79 Å². The Morgan fingerprint density at radius 3 is 1.97 bits per heavy atom. The van der Waals surface area contributed by atoms with E-state index in [1.807, 2.05) is 6.07 Å². The first-order chi connectivity index (χ1) is 14.0. The van der Waals surface area contributed by atoms with Crippen molar-refractivity contribution in [3.05, 3.63) is 101 Å². The average Bonchev–Trinajstić information content (AvgIpc) is 2.75. The number of hydrogen-bond acceptors (Lipinski definition) is 4. The number of carbonyl (C=O) groups excluding carboxylic acids is 3. The molecule has 0 aliphatic rings. The topological polar surface area (TPSA) is 95.5 Å². The number of nitrogens with one attached hydrogen (secondary N) is 2. The number of hydrogen-bond donors (Lipinski definition) is 3. The normalized spacial score (nSPS) is 10.2. The molecule has 0 fully saturated rings. The minimum atomic E-state index is -0.599. The maximum atomic E-state index is 12.4. The molecule has 0 radical (unpaired) electrons. The molecule has 0 heterocycles. The summed E-state index contributed by atoms with van der Waals surface area (Å²) in [6.45, 7) is 0.342. The lowest BCUT2D eigenvalue weighted by Crippen LogP contribution is -2.40. The van der Waals surface area contributed by atoms with Crippen LogP contribution in [0.4, 0.5) is 4.79 Å². The summed E-state index contributed by atoms with van der Waals surface area (Å²) in [5.74, 6) is -0.503. The van der Waals surface area contributed by atoms with E-state index in [1.165, 1.54) is 12.1 Å². The summed E-state index contributed by atoms with van der Waals surface area (Å²) in [5, 5.41) is 14.1. The Kier molecular flexibility index (Phi) is 6.37. The number of benzene rings is 3. The minimum Gasteiger partial charge on any atom is -0.508 e. The highest BCUT2D eigenvalue weighted by Gasteiger charge is 2.12. The van der Waals surface area contributed by atoms with Crippen molar-refractivity contribution in [1.82, 2.24) is 10.6 Å². The summed E-state index contributed by atoms with van der Waals surface area (Å²) in [7, 11) is 0. The van der Waals surface area contributed by atoms with Gasteiger partial charge in [0.15, 0.2) is 5.78 Å². The van der Waals surface area contributed by atoms with Gasteiger partial charge in [0.1, 0.15) is 5.75 Å². The van der Waals surface area contributed by atoms with Crippen molar-refractivity contribution in [2.75, 3.05) is 6.54 Å². The van der Waals surface area contributed by atoms with Crippen LogP contribution in [-0.4, -0.2) is 29.4 Å². The zero-order chi connectivity index (χ0) is 20.6. The van der Waals surface area contributed by atoms with Crippen molar-refractivity contribution in [2.24, 2.45) is 0 Å². The monoisotopic (exact) mass is 388 g/mol. The number of amides is 3. The van der Waals surface area contributed by atoms with Crippen LogP contribution in [0.3, 0.4) is 0 Å². The van der Waals surface area contributed by atoms with Gasteiger partial charge < -0.3 is 10.4 Å². The minimum absolute atomic E-state index is 0.135. The van der Waals surface area contributed by atoms with Gasteiger partial charge in [-0.15, -0.1) is 0 Å². The maximum absolute atomic E-state index is 12.4. The van der Waals surface area contributed by atoms with E-state index in [0.717, 1.165) is 5.56 Å². The third-order valence-electron chi connectivity index (χ3n) is 4.31. The van der Waals surface area contributed by atoms with E-state index < -0.39 is 11.9 Å². The van der Waals surface area contributed by atoms with Gasteiger partial charge >= 0.3 is 6.03 Å². The lowest BCUT2D eigenvalue weighted by Gasteiger charge is -2.08. The molecule has 0 aromatic heterocycles. The second-order valence-electron chi connectivity index (χ2n) is 6.40. The van der Waals surface area contributed by atoms with Crippen molar-refractivity contribution in [3.8, 4) is 5.75 Å². The van der Waals surface area contributed by atoms with Gasteiger partial charge in [-0.1, -0.05) is 54.6 Å². The molecule has 3 amide bonds. The van der Waals surface area contributed by atoms with Crippen LogP contribution in [0.25, 0.3) is 0 Å². The Morgan fingerprint density at radius 2 is 1.31 bits per heavy atom. The fourth-order valence-electron chi connectivity index (χ4n) is 2.73. The van der Waals surface area contributed by atoms with E-state index >= 15 is 0 Å². The summed E-state index contributed by atoms with van der Waals surface area (Å²) < 4.78 is 0. The number of phenolic OH excluding ortho intramolecular Hbond substituents is 1. The Balaban J connectivity index is 1.50. The van der Waals surface area contributed by atoms with Crippen LogP contribution in [0.15, 0.2) is 78.9 Å². The van der Waals surface area contributed by atoms with Crippen LogP contribution in [0.1, 0.15) is 31.8 Å². The molecule has 0 atom stereocenters. The highest BCUT2D eigenvalue weighted by Crippen LogP contribution is 2.11. The van der Waals surface area contributed by atoms with E-state index in [4.69, 9.17) is 0 Å².